The lowest BCUT2D eigenvalue weighted by molar-refractivity contribution is 1.00. The number of rotatable bonds is 3. The number of aromatic nitrogens is 3. The number of hydrogen-bond acceptors (Lipinski definition) is 4. The average molecular weight is 287 g/mol. The van der Waals surface area contributed by atoms with Crippen LogP contribution in [0.5, 0.6) is 0 Å². The minimum Gasteiger partial charge on any atom is -0.362 e. The molecule has 0 bridgehead atoms. The van der Waals surface area contributed by atoms with Gasteiger partial charge in [0, 0.05) is 11.1 Å². The fraction of sp³-hybridized carbons (Fsp3) is 0.333. The Hall–Kier alpha value is -0.880. The maximum absolute atomic E-state index is 4.36. The van der Waals surface area contributed by atoms with Gasteiger partial charge in [-0.05, 0) is 29.8 Å². The molecule has 0 atom stereocenters. The van der Waals surface area contributed by atoms with E-state index in [0.29, 0.717) is 6.54 Å². The molecule has 0 aromatic carbocycles. The summed E-state index contributed by atoms with van der Waals surface area (Å²) in [5.74, 6) is 0.832. The molecule has 0 saturated carbocycles. The van der Waals surface area contributed by atoms with Crippen molar-refractivity contribution in [1.29, 1.82) is 0 Å². The highest BCUT2D eigenvalue weighted by molar-refractivity contribution is 9.10. The molecule has 0 aliphatic carbocycles. The number of aromatic amines is 1. The Morgan fingerprint density at radius 2 is 2.33 bits per heavy atom. The fourth-order valence-corrected chi connectivity index (χ4v) is 2.13. The molecular weight excluding hydrogens is 276 g/mol. The summed E-state index contributed by atoms with van der Waals surface area (Å²) < 4.78 is 0.981. The molecule has 2 aromatic rings. The Balaban J connectivity index is 2.02. The van der Waals surface area contributed by atoms with Gasteiger partial charge >= 0.3 is 0 Å². The molecule has 4 nitrogen and oxygen atoms in total. The second-order valence-corrected chi connectivity index (χ2v) is 5.08. The maximum Gasteiger partial charge on any atom is 0.162 e. The van der Waals surface area contributed by atoms with Gasteiger partial charge in [-0.15, -0.1) is 11.3 Å². The van der Waals surface area contributed by atoms with E-state index in [-0.39, 0.29) is 0 Å². The van der Waals surface area contributed by atoms with Crippen molar-refractivity contribution in [3.8, 4) is 0 Å². The SMILES string of the molecule is Cc1nc(CNc2n[nH]c(C)c2Br)cs1. The molecule has 0 amide bonds. The second-order valence-electron chi connectivity index (χ2n) is 3.22. The summed E-state index contributed by atoms with van der Waals surface area (Å²) >= 11 is 5.11. The molecule has 2 aromatic heterocycles. The Kier molecular flexibility index (Phi) is 3.06. The van der Waals surface area contributed by atoms with Crippen LogP contribution in [0.4, 0.5) is 5.82 Å². The second kappa shape index (κ2) is 4.32. The molecule has 0 aliphatic rings. The first-order valence-electron chi connectivity index (χ1n) is 4.52. The van der Waals surface area contributed by atoms with Crippen molar-refractivity contribution in [2.24, 2.45) is 0 Å². The van der Waals surface area contributed by atoms with Crippen molar-refractivity contribution in [2.45, 2.75) is 20.4 Å². The Morgan fingerprint density at radius 1 is 1.53 bits per heavy atom. The van der Waals surface area contributed by atoms with E-state index in [2.05, 4.69) is 41.8 Å². The van der Waals surface area contributed by atoms with Crippen LogP contribution in [0.2, 0.25) is 0 Å². The molecular formula is C9H11BrN4S. The molecule has 6 heteroatoms. The predicted molar refractivity (Wildman–Crippen MR) is 65.2 cm³/mol. The Bertz CT molecular complexity index is 462. The highest BCUT2D eigenvalue weighted by Gasteiger charge is 2.06. The van der Waals surface area contributed by atoms with Crippen LogP contribution < -0.4 is 5.32 Å². The summed E-state index contributed by atoms with van der Waals surface area (Å²) in [5.41, 5.74) is 2.07. The minimum absolute atomic E-state index is 0.702. The quantitative estimate of drug-likeness (QED) is 0.912. The third-order valence-corrected chi connectivity index (χ3v) is 3.77. The topological polar surface area (TPSA) is 53.6 Å². The summed E-state index contributed by atoms with van der Waals surface area (Å²) in [5, 5.41) is 13.4. The zero-order valence-corrected chi connectivity index (χ0v) is 10.9. The van der Waals surface area contributed by atoms with Crippen LogP contribution in [0, 0.1) is 13.8 Å². The van der Waals surface area contributed by atoms with Gasteiger partial charge < -0.3 is 5.32 Å². The summed E-state index contributed by atoms with van der Waals surface area (Å²) in [6.07, 6.45) is 0. The van der Waals surface area contributed by atoms with Gasteiger partial charge in [-0.25, -0.2) is 4.98 Å². The zero-order chi connectivity index (χ0) is 10.8. The van der Waals surface area contributed by atoms with Crippen molar-refractivity contribution in [2.75, 3.05) is 5.32 Å². The summed E-state index contributed by atoms with van der Waals surface area (Å²) in [6.45, 7) is 4.67. The number of H-pyrrole nitrogens is 1. The first-order chi connectivity index (χ1) is 7.16. The summed E-state index contributed by atoms with van der Waals surface area (Å²) in [4.78, 5) is 4.36. The summed E-state index contributed by atoms with van der Waals surface area (Å²) in [7, 11) is 0. The van der Waals surface area contributed by atoms with Crippen LogP contribution in [0.15, 0.2) is 9.85 Å². The van der Waals surface area contributed by atoms with Crippen molar-refractivity contribution < 1.29 is 0 Å². The highest BCUT2D eigenvalue weighted by atomic mass is 79.9. The molecule has 0 saturated heterocycles. The van der Waals surface area contributed by atoms with E-state index in [1.807, 2.05) is 13.8 Å². The maximum atomic E-state index is 4.36. The number of thiazole rings is 1. The van der Waals surface area contributed by atoms with E-state index < -0.39 is 0 Å². The van der Waals surface area contributed by atoms with E-state index in [1.165, 1.54) is 0 Å². The van der Waals surface area contributed by atoms with Gasteiger partial charge in [0.05, 0.1) is 21.7 Å². The predicted octanol–water partition coefficient (Wildman–Crippen LogP) is 2.86. The number of nitrogens with zero attached hydrogens (tertiary/aromatic N) is 2. The number of anilines is 1. The van der Waals surface area contributed by atoms with Gasteiger partial charge in [-0.1, -0.05) is 0 Å². The molecule has 2 N–H and O–H groups in total. The van der Waals surface area contributed by atoms with Gasteiger partial charge in [0.25, 0.3) is 0 Å². The molecule has 0 spiro atoms. The van der Waals surface area contributed by atoms with Gasteiger partial charge in [0.1, 0.15) is 0 Å². The van der Waals surface area contributed by atoms with E-state index >= 15 is 0 Å². The van der Waals surface area contributed by atoms with Crippen LogP contribution >= 0.6 is 27.3 Å². The number of halogens is 1. The standard InChI is InChI=1S/C9H11BrN4S/c1-5-8(10)9(14-13-5)11-3-7-4-15-6(2)12-7/h4H,3H2,1-2H3,(H2,11,13,14). The van der Waals surface area contributed by atoms with E-state index in [9.17, 15) is 0 Å². The number of hydrogen-bond donors (Lipinski definition) is 2. The lowest BCUT2D eigenvalue weighted by Crippen LogP contribution is -2.00. The molecule has 80 valence electrons. The number of nitrogens with one attached hydrogen (secondary N) is 2. The smallest absolute Gasteiger partial charge is 0.162 e. The normalized spacial score (nSPS) is 10.6. The van der Waals surface area contributed by atoms with Crippen LogP contribution in [0.1, 0.15) is 16.4 Å². The van der Waals surface area contributed by atoms with E-state index in [0.717, 1.165) is 26.7 Å². The molecule has 2 rings (SSSR count). The van der Waals surface area contributed by atoms with Crippen molar-refractivity contribution in [3.05, 3.63) is 26.2 Å². The van der Waals surface area contributed by atoms with Crippen molar-refractivity contribution >= 4 is 33.1 Å². The molecule has 0 fully saturated rings. The number of aryl methyl sites for hydroxylation is 2. The van der Waals surface area contributed by atoms with Gasteiger partial charge in [-0.3, -0.25) is 5.10 Å². The third-order valence-electron chi connectivity index (χ3n) is 1.98. The highest BCUT2D eigenvalue weighted by Crippen LogP contribution is 2.23. The molecule has 2 heterocycles. The third kappa shape index (κ3) is 2.38. The fourth-order valence-electron chi connectivity index (χ4n) is 1.20. The lowest BCUT2D eigenvalue weighted by Gasteiger charge is -2.00. The first-order valence-corrected chi connectivity index (χ1v) is 6.19. The minimum atomic E-state index is 0.702. The lowest BCUT2D eigenvalue weighted by atomic mass is 10.4. The molecule has 15 heavy (non-hydrogen) atoms. The van der Waals surface area contributed by atoms with E-state index in [4.69, 9.17) is 0 Å². The Morgan fingerprint density at radius 3 is 2.87 bits per heavy atom. The van der Waals surface area contributed by atoms with E-state index in [1.54, 1.807) is 11.3 Å². The van der Waals surface area contributed by atoms with Crippen molar-refractivity contribution in [1.82, 2.24) is 15.2 Å². The van der Waals surface area contributed by atoms with Gasteiger partial charge in [-0.2, -0.15) is 5.10 Å². The summed E-state index contributed by atoms with van der Waals surface area (Å²) in [6, 6.07) is 0. The monoisotopic (exact) mass is 286 g/mol. The van der Waals surface area contributed by atoms with Gasteiger partial charge in [0.15, 0.2) is 5.82 Å². The van der Waals surface area contributed by atoms with Crippen molar-refractivity contribution in [3.63, 3.8) is 0 Å². The zero-order valence-electron chi connectivity index (χ0n) is 8.47. The largest absolute Gasteiger partial charge is 0.362 e. The van der Waals surface area contributed by atoms with Gasteiger partial charge in [0.2, 0.25) is 0 Å². The average Bonchev–Trinajstić information content (AvgIpc) is 2.74. The van der Waals surface area contributed by atoms with Crippen LogP contribution in [0.25, 0.3) is 0 Å². The first kappa shape index (κ1) is 10.6. The molecule has 0 unspecified atom stereocenters. The molecule has 0 radical (unpaired) electrons. The van der Waals surface area contributed by atoms with Crippen LogP contribution in [0.3, 0.4) is 0 Å². The van der Waals surface area contributed by atoms with Crippen LogP contribution in [-0.4, -0.2) is 15.2 Å². The Labute approximate surface area is 100 Å². The molecule has 0 aliphatic heterocycles. The van der Waals surface area contributed by atoms with Crippen LogP contribution in [-0.2, 0) is 6.54 Å².